The van der Waals surface area contributed by atoms with E-state index in [4.69, 9.17) is 0 Å². The number of halogens is 3. The number of carbonyl (C=O) groups is 1. The smallest absolute Gasteiger partial charge is 0.376 e. The molecule has 1 heterocycles. The predicted octanol–water partition coefficient (Wildman–Crippen LogP) is 3.70. The van der Waals surface area contributed by atoms with Crippen LogP contribution in [-0.4, -0.2) is 19.8 Å². The Labute approximate surface area is 148 Å². The molecule has 0 saturated carbocycles. The number of amides is 1. The van der Waals surface area contributed by atoms with Crippen LogP contribution in [0.3, 0.4) is 0 Å². The van der Waals surface area contributed by atoms with Crippen LogP contribution in [0.5, 0.6) is 5.75 Å². The van der Waals surface area contributed by atoms with E-state index in [-0.39, 0.29) is 18.4 Å². The van der Waals surface area contributed by atoms with E-state index in [2.05, 4.69) is 4.18 Å². The van der Waals surface area contributed by atoms with Gasteiger partial charge in [-0.3, -0.25) is 4.79 Å². The molecule has 0 bridgehead atoms. The molecule has 1 aliphatic heterocycles. The highest BCUT2D eigenvalue weighted by Gasteiger charge is 2.48. The van der Waals surface area contributed by atoms with Gasteiger partial charge in [-0.1, -0.05) is 29.8 Å². The van der Waals surface area contributed by atoms with Crippen LogP contribution in [0.25, 0.3) is 0 Å². The standard InChI is InChI=1S/C17H14F3NO4S/c1-11-2-6-13(7-3-11)21-15(10-16(21)22)12-4-8-14(9-5-12)25-26(23,24)17(18,19)20/h2-9,15H,10H2,1H3. The van der Waals surface area contributed by atoms with Gasteiger partial charge in [0.2, 0.25) is 5.91 Å². The van der Waals surface area contributed by atoms with Crippen molar-refractivity contribution in [3.05, 3.63) is 59.7 Å². The Balaban J connectivity index is 1.78. The number of alkyl halides is 3. The van der Waals surface area contributed by atoms with Gasteiger partial charge in [0.15, 0.2) is 0 Å². The average molecular weight is 385 g/mol. The molecule has 26 heavy (non-hydrogen) atoms. The molecule has 0 spiro atoms. The SMILES string of the molecule is Cc1ccc(N2C(=O)CC2c2ccc(OS(=O)(=O)C(F)(F)F)cc2)cc1. The molecule has 1 aliphatic rings. The monoisotopic (exact) mass is 385 g/mol. The zero-order valence-corrected chi connectivity index (χ0v) is 14.3. The maximum Gasteiger partial charge on any atom is 0.534 e. The summed E-state index contributed by atoms with van der Waals surface area (Å²) >= 11 is 0. The van der Waals surface area contributed by atoms with E-state index in [0.29, 0.717) is 5.56 Å². The third-order valence-electron chi connectivity index (χ3n) is 4.01. The summed E-state index contributed by atoms with van der Waals surface area (Å²) < 4.78 is 63.1. The molecule has 1 amide bonds. The molecule has 9 heteroatoms. The minimum Gasteiger partial charge on any atom is -0.376 e. The summed E-state index contributed by atoms with van der Waals surface area (Å²) in [7, 11) is -5.71. The van der Waals surface area contributed by atoms with Gasteiger partial charge in [-0.15, -0.1) is 0 Å². The third-order valence-corrected chi connectivity index (χ3v) is 4.99. The Bertz CT molecular complexity index is 922. The summed E-state index contributed by atoms with van der Waals surface area (Å²) in [5.41, 5.74) is -3.06. The molecule has 0 N–H and O–H groups in total. The summed E-state index contributed by atoms with van der Waals surface area (Å²) in [6, 6.07) is 12.3. The Morgan fingerprint density at radius 1 is 1.04 bits per heavy atom. The first-order valence-corrected chi connectivity index (χ1v) is 8.99. The highest BCUT2D eigenvalue weighted by Crippen LogP contribution is 2.39. The molecule has 0 radical (unpaired) electrons. The minimum atomic E-state index is -5.71. The highest BCUT2D eigenvalue weighted by molar-refractivity contribution is 7.88. The van der Waals surface area contributed by atoms with Crippen molar-refractivity contribution >= 4 is 21.7 Å². The number of hydrogen-bond acceptors (Lipinski definition) is 4. The second kappa shape index (κ2) is 6.31. The Morgan fingerprint density at radius 3 is 2.12 bits per heavy atom. The first kappa shape index (κ1) is 18.2. The van der Waals surface area contributed by atoms with E-state index in [1.54, 1.807) is 4.90 Å². The first-order chi connectivity index (χ1) is 12.1. The Kier molecular flexibility index (Phi) is 4.43. The topological polar surface area (TPSA) is 63.7 Å². The van der Waals surface area contributed by atoms with Gasteiger partial charge in [0.1, 0.15) is 5.75 Å². The van der Waals surface area contributed by atoms with E-state index in [1.165, 1.54) is 12.1 Å². The van der Waals surface area contributed by atoms with Crippen LogP contribution in [-0.2, 0) is 14.9 Å². The van der Waals surface area contributed by atoms with Crippen molar-refractivity contribution in [3.63, 3.8) is 0 Å². The molecular formula is C17H14F3NO4S. The molecule has 1 unspecified atom stereocenters. The van der Waals surface area contributed by atoms with Gasteiger partial charge in [0.25, 0.3) is 0 Å². The fourth-order valence-electron chi connectivity index (χ4n) is 2.63. The van der Waals surface area contributed by atoms with Gasteiger partial charge in [-0.2, -0.15) is 21.6 Å². The summed E-state index contributed by atoms with van der Waals surface area (Å²) in [5.74, 6) is -0.516. The van der Waals surface area contributed by atoms with Crippen LogP contribution >= 0.6 is 0 Å². The van der Waals surface area contributed by atoms with Crippen LogP contribution in [0.15, 0.2) is 48.5 Å². The quantitative estimate of drug-likeness (QED) is 0.457. The van der Waals surface area contributed by atoms with Crippen LogP contribution in [0, 0.1) is 6.92 Å². The lowest BCUT2D eigenvalue weighted by molar-refractivity contribution is -0.124. The molecule has 1 atom stereocenters. The number of benzene rings is 2. The van der Waals surface area contributed by atoms with Crippen molar-refractivity contribution in [2.45, 2.75) is 24.9 Å². The maximum absolute atomic E-state index is 12.3. The van der Waals surface area contributed by atoms with Gasteiger partial charge in [-0.05, 0) is 36.8 Å². The fourth-order valence-corrected chi connectivity index (χ4v) is 3.09. The second-order valence-corrected chi connectivity index (χ2v) is 7.41. The average Bonchev–Trinajstić information content (AvgIpc) is 2.54. The van der Waals surface area contributed by atoms with Crippen molar-refractivity contribution in [2.24, 2.45) is 0 Å². The van der Waals surface area contributed by atoms with Crippen molar-refractivity contribution in [1.29, 1.82) is 0 Å². The zero-order chi connectivity index (χ0) is 19.1. The maximum atomic E-state index is 12.3. The highest BCUT2D eigenvalue weighted by atomic mass is 32.2. The van der Waals surface area contributed by atoms with E-state index < -0.39 is 21.4 Å². The van der Waals surface area contributed by atoms with Crippen molar-refractivity contribution in [2.75, 3.05) is 4.90 Å². The molecule has 2 aromatic rings. The molecule has 1 saturated heterocycles. The molecule has 0 aliphatic carbocycles. The number of carbonyl (C=O) groups excluding carboxylic acids is 1. The summed E-state index contributed by atoms with van der Waals surface area (Å²) in [6.45, 7) is 1.92. The summed E-state index contributed by atoms with van der Waals surface area (Å²) in [4.78, 5) is 13.5. The Hall–Kier alpha value is -2.55. The lowest BCUT2D eigenvalue weighted by Crippen LogP contribution is -2.46. The first-order valence-electron chi connectivity index (χ1n) is 7.58. The molecule has 3 rings (SSSR count). The van der Waals surface area contributed by atoms with Crippen LogP contribution in [0.1, 0.15) is 23.6 Å². The van der Waals surface area contributed by atoms with Gasteiger partial charge >= 0.3 is 15.6 Å². The molecule has 2 aromatic carbocycles. The van der Waals surface area contributed by atoms with Crippen LogP contribution in [0.4, 0.5) is 18.9 Å². The van der Waals surface area contributed by atoms with Crippen molar-refractivity contribution < 1.29 is 30.6 Å². The van der Waals surface area contributed by atoms with E-state index >= 15 is 0 Å². The lowest BCUT2D eigenvalue weighted by Gasteiger charge is -2.40. The number of aryl methyl sites for hydroxylation is 1. The fraction of sp³-hybridized carbons (Fsp3) is 0.235. The van der Waals surface area contributed by atoms with Gasteiger partial charge < -0.3 is 9.08 Å². The van der Waals surface area contributed by atoms with Gasteiger partial charge in [0.05, 0.1) is 12.5 Å². The number of β-lactam (4-membered cyclic amide) rings is 1. The van der Waals surface area contributed by atoms with Crippen molar-refractivity contribution in [1.82, 2.24) is 0 Å². The molecule has 138 valence electrons. The number of rotatable bonds is 4. The number of nitrogens with zero attached hydrogens (tertiary/aromatic N) is 1. The van der Waals surface area contributed by atoms with Crippen LogP contribution in [0.2, 0.25) is 0 Å². The molecule has 5 nitrogen and oxygen atoms in total. The number of anilines is 1. The normalized spacial score (nSPS) is 17.8. The van der Waals surface area contributed by atoms with E-state index in [1.807, 2.05) is 31.2 Å². The summed E-state index contributed by atoms with van der Waals surface area (Å²) in [5, 5.41) is 0. The van der Waals surface area contributed by atoms with Crippen molar-refractivity contribution in [3.8, 4) is 5.75 Å². The summed E-state index contributed by atoms with van der Waals surface area (Å²) in [6.07, 6.45) is 0.259. The molecular weight excluding hydrogens is 371 g/mol. The van der Waals surface area contributed by atoms with Gasteiger partial charge in [-0.25, -0.2) is 0 Å². The molecule has 1 fully saturated rings. The second-order valence-electron chi connectivity index (χ2n) is 5.87. The lowest BCUT2D eigenvalue weighted by atomic mass is 9.93. The van der Waals surface area contributed by atoms with E-state index in [9.17, 15) is 26.4 Å². The third kappa shape index (κ3) is 3.39. The largest absolute Gasteiger partial charge is 0.534 e. The number of hydrogen-bond donors (Lipinski definition) is 0. The molecule has 0 aromatic heterocycles. The van der Waals surface area contributed by atoms with Gasteiger partial charge in [0, 0.05) is 5.69 Å². The Morgan fingerprint density at radius 2 is 1.62 bits per heavy atom. The zero-order valence-electron chi connectivity index (χ0n) is 13.5. The minimum absolute atomic E-state index is 0.0705. The van der Waals surface area contributed by atoms with Crippen LogP contribution < -0.4 is 9.08 Å². The van der Waals surface area contributed by atoms with E-state index in [0.717, 1.165) is 23.4 Å². The predicted molar refractivity (Wildman–Crippen MR) is 88.1 cm³/mol.